The molecular formula is C12H14N2O3S. The minimum absolute atomic E-state index is 0.419. The quantitative estimate of drug-likeness (QED) is 0.894. The number of rotatable bonds is 5. The Hall–Kier alpha value is -1.66. The summed E-state index contributed by atoms with van der Waals surface area (Å²) in [7, 11) is 3.15. The Labute approximate surface area is 109 Å². The molecule has 1 atom stereocenters. The molecule has 2 aromatic heterocycles. The van der Waals surface area contributed by atoms with Gasteiger partial charge in [0.2, 0.25) is 5.88 Å². The standard InChI is InChI=1S/C12H14N2O3S/c1-16-9-5-11(18-6-9)10(15)3-8-4-12(17-2)14-7-13-8/h4-7,10,15H,3H2,1-2H3. The van der Waals surface area contributed by atoms with E-state index in [4.69, 9.17) is 9.47 Å². The van der Waals surface area contributed by atoms with Crippen LogP contribution in [0.25, 0.3) is 0 Å². The minimum Gasteiger partial charge on any atom is -0.496 e. The molecule has 2 rings (SSSR count). The average molecular weight is 266 g/mol. The van der Waals surface area contributed by atoms with Crippen LogP contribution in [0.15, 0.2) is 23.8 Å². The molecule has 6 heteroatoms. The highest BCUT2D eigenvalue weighted by molar-refractivity contribution is 7.10. The summed E-state index contributed by atoms with van der Waals surface area (Å²) >= 11 is 1.46. The number of aliphatic hydroxyl groups is 1. The molecule has 1 N–H and O–H groups in total. The van der Waals surface area contributed by atoms with Crippen LogP contribution in [-0.4, -0.2) is 29.3 Å². The van der Waals surface area contributed by atoms with Gasteiger partial charge in [0.25, 0.3) is 0 Å². The maximum absolute atomic E-state index is 10.1. The maximum Gasteiger partial charge on any atom is 0.216 e. The zero-order valence-corrected chi connectivity index (χ0v) is 11.0. The van der Waals surface area contributed by atoms with Crippen LogP contribution >= 0.6 is 11.3 Å². The number of aliphatic hydroxyl groups excluding tert-OH is 1. The van der Waals surface area contributed by atoms with Crippen LogP contribution in [-0.2, 0) is 6.42 Å². The zero-order chi connectivity index (χ0) is 13.0. The van der Waals surface area contributed by atoms with Crippen LogP contribution in [0, 0.1) is 0 Å². The summed E-state index contributed by atoms with van der Waals surface area (Å²) in [6.45, 7) is 0. The zero-order valence-electron chi connectivity index (χ0n) is 10.2. The van der Waals surface area contributed by atoms with Crippen molar-refractivity contribution in [3.63, 3.8) is 0 Å². The molecule has 2 aromatic rings. The van der Waals surface area contributed by atoms with E-state index in [1.54, 1.807) is 20.3 Å². The smallest absolute Gasteiger partial charge is 0.216 e. The monoisotopic (exact) mass is 266 g/mol. The Morgan fingerprint density at radius 1 is 1.28 bits per heavy atom. The molecule has 0 amide bonds. The van der Waals surface area contributed by atoms with Crippen LogP contribution in [0.4, 0.5) is 0 Å². The summed E-state index contributed by atoms with van der Waals surface area (Å²) in [6, 6.07) is 3.54. The van der Waals surface area contributed by atoms with E-state index in [0.717, 1.165) is 16.3 Å². The van der Waals surface area contributed by atoms with Crippen molar-refractivity contribution in [2.24, 2.45) is 0 Å². The first-order valence-corrected chi connectivity index (χ1v) is 6.26. The van der Waals surface area contributed by atoms with Crippen molar-refractivity contribution in [2.75, 3.05) is 14.2 Å². The van der Waals surface area contributed by atoms with Gasteiger partial charge in [-0.05, 0) is 6.07 Å². The number of ether oxygens (including phenoxy) is 2. The highest BCUT2D eigenvalue weighted by Crippen LogP contribution is 2.28. The van der Waals surface area contributed by atoms with Gasteiger partial charge in [0.15, 0.2) is 0 Å². The van der Waals surface area contributed by atoms with E-state index in [1.165, 1.54) is 17.7 Å². The van der Waals surface area contributed by atoms with E-state index in [0.29, 0.717) is 12.3 Å². The second-order valence-corrected chi connectivity index (χ2v) is 4.60. The minimum atomic E-state index is -0.599. The Morgan fingerprint density at radius 3 is 2.78 bits per heavy atom. The van der Waals surface area contributed by atoms with Gasteiger partial charge in [0.05, 0.1) is 26.0 Å². The molecule has 2 heterocycles. The normalized spacial score (nSPS) is 12.2. The number of hydrogen-bond acceptors (Lipinski definition) is 6. The SMILES string of the molecule is COc1csc(C(O)Cc2cc(OC)ncn2)c1. The topological polar surface area (TPSA) is 64.5 Å². The van der Waals surface area contributed by atoms with Crippen molar-refractivity contribution in [1.82, 2.24) is 9.97 Å². The molecule has 0 saturated carbocycles. The highest BCUT2D eigenvalue weighted by atomic mass is 32.1. The number of hydrogen-bond donors (Lipinski definition) is 1. The van der Waals surface area contributed by atoms with Crippen molar-refractivity contribution in [1.29, 1.82) is 0 Å². The second kappa shape index (κ2) is 5.79. The van der Waals surface area contributed by atoms with E-state index >= 15 is 0 Å². The Morgan fingerprint density at radius 2 is 2.11 bits per heavy atom. The number of nitrogens with zero attached hydrogens (tertiary/aromatic N) is 2. The van der Waals surface area contributed by atoms with Gasteiger partial charge in [0, 0.05) is 22.7 Å². The predicted molar refractivity (Wildman–Crippen MR) is 68.1 cm³/mol. The summed E-state index contributed by atoms with van der Waals surface area (Å²) in [5.41, 5.74) is 0.738. The average Bonchev–Trinajstić information content (AvgIpc) is 2.88. The summed E-state index contributed by atoms with van der Waals surface area (Å²) in [6.07, 6.45) is 1.25. The van der Waals surface area contributed by atoms with Gasteiger partial charge in [-0.2, -0.15) is 0 Å². The van der Waals surface area contributed by atoms with Gasteiger partial charge in [-0.25, -0.2) is 9.97 Å². The van der Waals surface area contributed by atoms with Gasteiger partial charge in [-0.3, -0.25) is 0 Å². The maximum atomic E-state index is 10.1. The third-order valence-corrected chi connectivity index (χ3v) is 3.48. The van der Waals surface area contributed by atoms with E-state index in [9.17, 15) is 5.11 Å². The molecule has 0 aliphatic heterocycles. The van der Waals surface area contributed by atoms with Crippen LogP contribution in [0.1, 0.15) is 16.7 Å². The number of aromatic nitrogens is 2. The fourth-order valence-corrected chi connectivity index (χ4v) is 2.36. The van der Waals surface area contributed by atoms with Crippen molar-refractivity contribution in [3.8, 4) is 11.6 Å². The molecule has 0 fully saturated rings. The second-order valence-electron chi connectivity index (χ2n) is 3.66. The summed E-state index contributed by atoms with van der Waals surface area (Å²) in [5, 5.41) is 12.0. The molecular weight excluding hydrogens is 252 g/mol. The number of thiophene rings is 1. The Balaban J connectivity index is 2.08. The lowest BCUT2D eigenvalue weighted by Crippen LogP contribution is -2.02. The largest absolute Gasteiger partial charge is 0.496 e. The van der Waals surface area contributed by atoms with Crippen LogP contribution in [0.2, 0.25) is 0 Å². The van der Waals surface area contributed by atoms with Crippen LogP contribution in [0.3, 0.4) is 0 Å². The van der Waals surface area contributed by atoms with E-state index in [1.807, 2.05) is 11.4 Å². The van der Waals surface area contributed by atoms with Gasteiger partial charge in [-0.15, -0.1) is 11.3 Å². The molecule has 18 heavy (non-hydrogen) atoms. The van der Waals surface area contributed by atoms with E-state index in [2.05, 4.69) is 9.97 Å². The molecule has 0 aliphatic carbocycles. The molecule has 0 aliphatic rings. The lowest BCUT2D eigenvalue weighted by atomic mass is 10.1. The molecule has 0 saturated heterocycles. The van der Waals surface area contributed by atoms with Crippen molar-refractivity contribution >= 4 is 11.3 Å². The fraction of sp³-hybridized carbons (Fsp3) is 0.333. The summed E-state index contributed by atoms with van der Waals surface area (Å²) in [5.74, 6) is 1.25. The molecule has 0 bridgehead atoms. The van der Waals surface area contributed by atoms with Gasteiger partial charge < -0.3 is 14.6 Å². The first-order valence-electron chi connectivity index (χ1n) is 5.38. The number of methoxy groups -OCH3 is 2. The van der Waals surface area contributed by atoms with Gasteiger partial charge in [-0.1, -0.05) is 0 Å². The highest BCUT2D eigenvalue weighted by Gasteiger charge is 2.13. The molecule has 0 spiro atoms. The van der Waals surface area contributed by atoms with Crippen molar-refractivity contribution in [2.45, 2.75) is 12.5 Å². The molecule has 1 unspecified atom stereocenters. The first-order chi connectivity index (χ1) is 8.72. The molecule has 5 nitrogen and oxygen atoms in total. The third kappa shape index (κ3) is 2.96. The fourth-order valence-electron chi connectivity index (χ4n) is 1.52. The lowest BCUT2D eigenvalue weighted by molar-refractivity contribution is 0.180. The van der Waals surface area contributed by atoms with Gasteiger partial charge in [0.1, 0.15) is 12.1 Å². The first kappa shape index (κ1) is 12.8. The molecule has 96 valence electrons. The van der Waals surface area contributed by atoms with Gasteiger partial charge >= 0.3 is 0 Å². The predicted octanol–water partition coefficient (Wildman–Crippen LogP) is 1.83. The van der Waals surface area contributed by atoms with E-state index < -0.39 is 6.10 Å². The van der Waals surface area contributed by atoms with Crippen molar-refractivity contribution < 1.29 is 14.6 Å². The third-order valence-electron chi connectivity index (χ3n) is 2.47. The Kier molecular flexibility index (Phi) is 4.11. The lowest BCUT2D eigenvalue weighted by Gasteiger charge is -2.08. The van der Waals surface area contributed by atoms with Crippen molar-refractivity contribution in [3.05, 3.63) is 34.4 Å². The molecule has 0 radical (unpaired) electrons. The Bertz CT molecular complexity index is 516. The summed E-state index contributed by atoms with van der Waals surface area (Å²) < 4.78 is 10.1. The van der Waals surface area contributed by atoms with Crippen LogP contribution in [0.5, 0.6) is 11.6 Å². The van der Waals surface area contributed by atoms with Crippen LogP contribution < -0.4 is 9.47 Å². The van der Waals surface area contributed by atoms with E-state index in [-0.39, 0.29) is 0 Å². The molecule has 0 aromatic carbocycles. The summed E-state index contributed by atoms with van der Waals surface area (Å²) in [4.78, 5) is 8.88.